The van der Waals surface area contributed by atoms with Gasteiger partial charge in [0.25, 0.3) is 0 Å². The van der Waals surface area contributed by atoms with E-state index in [2.05, 4.69) is 105 Å². The minimum atomic E-state index is 0.232. The van der Waals surface area contributed by atoms with Crippen LogP contribution in [0.25, 0.3) is 67.2 Å². The fourth-order valence-electron chi connectivity index (χ4n) is 9.80. The molecule has 4 atom stereocenters. The van der Waals surface area contributed by atoms with Crippen molar-refractivity contribution < 1.29 is 0 Å². The van der Waals surface area contributed by atoms with Crippen molar-refractivity contribution in [3.8, 4) is 62.5 Å². The number of aromatic nitrogens is 3. The second-order valence-corrected chi connectivity index (χ2v) is 15.7. The van der Waals surface area contributed by atoms with Crippen LogP contribution >= 0.6 is 0 Å². The summed E-state index contributed by atoms with van der Waals surface area (Å²) in [6.07, 6.45) is 6.59. The molecule has 2 fully saturated rings. The summed E-state index contributed by atoms with van der Waals surface area (Å²) in [5.74, 6) is 4.11. The molecule has 53 heavy (non-hydrogen) atoms. The summed E-state index contributed by atoms with van der Waals surface area (Å²) in [7, 11) is 0. The Labute approximate surface area is 312 Å². The number of benzene rings is 6. The lowest BCUT2D eigenvalue weighted by atomic mass is 9.54. The summed E-state index contributed by atoms with van der Waals surface area (Å²) in [5, 5.41) is 12.1. The van der Waals surface area contributed by atoms with E-state index in [1.54, 1.807) is 0 Å². The van der Waals surface area contributed by atoms with E-state index in [9.17, 15) is 5.26 Å². The Morgan fingerprint density at radius 1 is 0.509 bits per heavy atom. The number of nitriles is 1. The molecule has 1 heterocycles. The minimum Gasteiger partial charge on any atom is -0.208 e. The van der Waals surface area contributed by atoms with E-state index in [0.717, 1.165) is 51.1 Å². The molecule has 0 aliphatic heterocycles. The Morgan fingerprint density at radius 3 is 1.68 bits per heavy atom. The van der Waals surface area contributed by atoms with Gasteiger partial charge >= 0.3 is 0 Å². The SMILES string of the molecule is C[C@@H]1C[C@@H]2C[C@H](C)CC(c3ccc(-c4cc(-c5ccccc5)cc(-c5nc(-c6ccccc6)nc(-c6ccc(C#N)cc6)n5)c4)c4ccccc34)(C1)C2. The van der Waals surface area contributed by atoms with Crippen LogP contribution in [0.1, 0.15) is 57.1 Å². The van der Waals surface area contributed by atoms with Crippen molar-refractivity contribution in [1.82, 2.24) is 15.0 Å². The highest BCUT2D eigenvalue weighted by Gasteiger charge is 2.45. The number of nitrogens with zero attached hydrogens (tertiary/aromatic N) is 4. The molecule has 4 nitrogen and oxygen atoms in total. The van der Waals surface area contributed by atoms with Gasteiger partial charge in [0.1, 0.15) is 0 Å². The van der Waals surface area contributed by atoms with Gasteiger partial charge in [0.05, 0.1) is 11.6 Å². The van der Waals surface area contributed by atoms with Crippen LogP contribution in [0.15, 0.2) is 140 Å². The average Bonchev–Trinajstić information content (AvgIpc) is 3.20. The van der Waals surface area contributed by atoms with Gasteiger partial charge < -0.3 is 0 Å². The van der Waals surface area contributed by atoms with Crippen molar-refractivity contribution in [2.24, 2.45) is 17.8 Å². The van der Waals surface area contributed by atoms with Gasteiger partial charge in [0, 0.05) is 16.7 Å². The highest BCUT2D eigenvalue weighted by molar-refractivity contribution is 6.00. The van der Waals surface area contributed by atoms with Crippen molar-refractivity contribution in [1.29, 1.82) is 5.26 Å². The number of hydrogen-bond acceptors (Lipinski definition) is 4. The Morgan fingerprint density at radius 2 is 1.04 bits per heavy atom. The van der Waals surface area contributed by atoms with Gasteiger partial charge in [-0.15, -0.1) is 0 Å². The van der Waals surface area contributed by atoms with Crippen molar-refractivity contribution in [2.75, 3.05) is 0 Å². The molecule has 2 aliphatic carbocycles. The van der Waals surface area contributed by atoms with E-state index < -0.39 is 0 Å². The van der Waals surface area contributed by atoms with Crippen LogP contribution in [-0.2, 0) is 5.41 Å². The summed E-state index contributed by atoms with van der Waals surface area (Å²) in [4.78, 5) is 15.2. The molecule has 7 aromatic rings. The van der Waals surface area contributed by atoms with Gasteiger partial charge in [-0.05, 0) is 136 Å². The predicted octanol–water partition coefficient (Wildman–Crippen LogP) is 12.3. The van der Waals surface area contributed by atoms with E-state index in [0.29, 0.717) is 23.0 Å². The lowest BCUT2D eigenvalue weighted by Crippen LogP contribution is -2.42. The zero-order valence-corrected chi connectivity index (χ0v) is 30.3. The monoisotopic (exact) mass is 686 g/mol. The van der Waals surface area contributed by atoms with Gasteiger partial charge in [-0.3, -0.25) is 0 Å². The standard InChI is InChI=1S/C49H42N4/c1-32-23-35-24-33(2)29-49(28-32,30-35)45-22-21-42(43-15-9-10-16-44(43)45)40-25-39(36-11-5-3-6-12-36)26-41(27-40)48-52-46(37-13-7-4-8-14-37)51-47(53-48)38-19-17-34(31-50)18-20-38/h3-22,25-27,32-33,35H,23-24,28-30H2,1-2H3/t32-,33+,35-,49?. The molecule has 0 spiro atoms. The second-order valence-electron chi connectivity index (χ2n) is 15.7. The third kappa shape index (κ3) is 6.31. The lowest BCUT2D eigenvalue weighted by Gasteiger charge is -2.51. The normalized spacial score (nSPS) is 20.9. The van der Waals surface area contributed by atoms with Crippen LogP contribution in [0.5, 0.6) is 0 Å². The first-order valence-corrected chi connectivity index (χ1v) is 19.0. The van der Waals surface area contributed by atoms with Gasteiger partial charge in [-0.25, -0.2) is 15.0 Å². The molecule has 9 rings (SSSR count). The molecule has 0 saturated heterocycles. The largest absolute Gasteiger partial charge is 0.208 e. The molecule has 1 aromatic heterocycles. The Bertz CT molecular complexity index is 2460. The summed E-state index contributed by atoms with van der Waals surface area (Å²) in [5.41, 5.74) is 9.64. The summed E-state index contributed by atoms with van der Waals surface area (Å²) < 4.78 is 0. The van der Waals surface area contributed by atoms with Gasteiger partial charge in [0.15, 0.2) is 17.5 Å². The molecule has 2 aliphatic rings. The van der Waals surface area contributed by atoms with Crippen LogP contribution in [0.4, 0.5) is 0 Å². The topological polar surface area (TPSA) is 62.5 Å². The van der Waals surface area contributed by atoms with Gasteiger partial charge in [0.2, 0.25) is 0 Å². The first-order chi connectivity index (χ1) is 25.9. The quantitative estimate of drug-likeness (QED) is 0.175. The summed E-state index contributed by atoms with van der Waals surface area (Å²) in [6, 6.07) is 51.0. The molecule has 0 N–H and O–H groups in total. The molecule has 2 bridgehead atoms. The van der Waals surface area contributed by atoms with Crippen LogP contribution in [0, 0.1) is 29.1 Å². The molecule has 0 amide bonds. The second kappa shape index (κ2) is 13.6. The summed E-state index contributed by atoms with van der Waals surface area (Å²) in [6.45, 7) is 4.95. The maximum Gasteiger partial charge on any atom is 0.164 e. The van der Waals surface area contributed by atoms with Crippen LogP contribution in [0.2, 0.25) is 0 Å². The number of fused-ring (bicyclic) bond motifs is 3. The van der Waals surface area contributed by atoms with E-state index in [4.69, 9.17) is 15.0 Å². The highest BCUT2D eigenvalue weighted by atomic mass is 15.0. The average molecular weight is 687 g/mol. The number of hydrogen-bond donors (Lipinski definition) is 0. The van der Waals surface area contributed by atoms with Gasteiger partial charge in [-0.1, -0.05) is 111 Å². The van der Waals surface area contributed by atoms with E-state index in [1.807, 2.05) is 54.6 Å². The molecule has 258 valence electrons. The van der Waals surface area contributed by atoms with Crippen LogP contribution in [-0.4, -0.2) is 15.0 Å². The molecule has 2 saturated carbocycles. The number of rotatable bonds is 6. The van der Waals surface area contributed by atoms with Crippen molar-refractivity contribution in [3.63, 3.8) is 0 Å². The molecular formula is C49H42N4. The third-order valence-corrected chi connectivity index (χ3v) is 11.7. The fraction of sp³-hybridized carbons (Fsp3) is 0.224. The van der Waals surface area contributed by atoms with E-state index in [-0.39, 0.29) is 5.41 Å². The minimum absolute atomic E-state index is 0.232. The Kier molecular flexibility index (Phi) is 8.43. The first-order valence-electron chi connectivity index (χ1n) is 19.0. The summed E-state index contributed by atoms with van der Waals surface area (Å²) >= 11 is 0. The zero-order valence-electron chi connectivity index (χ0n) is 30.3. The molecule has 6 aromatic carbocycles. The first kappa shape index (κ1) is 33.0. The third-order valence-electron chi connectivity index (χ3n) is 11.7. The Hall–Kier alpha value is -5.92. The lowest BCUT2D eigenvalue weighted by molar-refractivity contribution is 0.0790. The maximum absolute atomic E-state index is 9.44. The van der Waals surface area contributed by atoms with Crippen molar-refractivity contribution in [3.05, 3.63) is 151 Å². The van der Waals surface area contributed by atoms with Crippen LogP contribution < -0.4 is 0 Å². The van der Waals surface area contributed by atoms with Crippen molar-refractivity contribution in [2.45, 2.75) is 51.4 Å². The molecular weight excluding hydrogens is 645 g/mol. The molecule has 4 heteroatoms. The van der Waals surface area contributed by atoms with E-state index in [1.165, 1.54) is 54.0 Å². The molecule has 1 unspecified atom stereocenters. The predicted molar refractivity (Wildman–Crippen MR) is 216 cm³/mol. The maximum atomic E-state index is 9.44. The highest BCUT2D eigenvalue weighted by Crippen LogP contribution is 2.55. The van der Waals surface area contributed by atoms with Crippen LogP contribution in [0.3, 0.4) is 0 Å². The zero-order chi connectivity index (χ0) is 35.9. The smallest absolute Gasteiger partial charge is 0.164 e. The fourth-order valence-corrected chi connectivity index (χ4v) is 9.80. The Balaban J connectivity index is 1.24. The van der Waals surface area contributed by atoms with Crippen molar-refractivity contribution >= 4 is 10.8 Å². The van der Waals surface area contributed by atoms with E-state index >= 15 is 0 Å². The molecule has 0 radical (unpaired) electrons. The van der Waals surface area contributed by atoms with Gasteiger partial charge in [-0.2, -0.15) is 5.26 Å².